The number of oxime groups is 4. The summed E-state index contributed by atoms with van der Waals surface area (Å²) < 4.78 is 16.1. The maximum absolute atomic E-state index is 14.0. The highest BCUT2D eigenvalue weighted by atomic mass is 16.7. The Labute approximate surface area is 517 Å². The van der Waals surface area contributed by atoms with Crippen molar-refractivity contribution in [2.75, 3.05) is 19.8 Å². The summed E-state index contributed by atoms with van der Waals surface area (Å²) in [5, 5.41) is 19.5. The molecule has 10 rings (SSSR count). The molecule has 0 amide bonds. The lowest BCUT2D eigenvalue weighted by molar-refractivity contribution is -0.141. The number of aromatic nitrogens is 2. The fourth-order valence-corrected chi connectivity index (χ4v) is 10.5. The van der Waals surface area contributed by atoms with E-state index in [2.05, 4.69) is 29.8 Å². The van der Waals surface area contributed by atoms with Crippen LogP contribution in [0.5, 0.6) is 0 Å². The summed E-state index contributed by atoms with van der Waals surface area (Å²) in [4.78, 5) is 95.5. The molecular formula is C72H62N6O12. The van der Waals surface area contributed by atoms with Gasteiger partial charge in [-0.25, -0.2) is 19.2 Å². The van der Waals surface area contributed by atoms with Gasteiger partial charge in [0.2, 0.25) is 0 Å². The fraction of sp³-hybridized carbons (Fsp3) is 0.167. The Balaban J connectivity index is 0.888. The second-order valence-corrected chi connectivity index (χ2v) is 21.2. The predicted molar refractivity (Wildman–Crippen MR) is 346 cm³/mol. The number of carbonyl (C=O) groups excluding carboxylic acids is 6. The molecule has 0 radical (unpaired) electrons. The maximum Gasteiger partial charge on any atom is 0.332 e. The van der Waals surface area contributed by atoms with Gasteiger partial charge in [0.1, 0.15) is 12.3 Å². The van der Waals surface area contributed by atoms with Gasteiger partial charge < -0.3 is 38.0 Å². The first-order valence-electron chi connectivity index (χ1n) is 28.8. The van der Waals surface area contributed by atoms with Gasteiger partial charge in [0.15, 0.2) is 11.6 Å². The van der Waals surface area contributed by atoms with Gasteiger partial charge in [0.05, 0.1) is 58.7 Å². The third-order valence-corrected chi connectivity index (χ3v) is 14.9. The number of hydrogen-bond donors (Lipinski definition) is 0. The average molecular weight is 1200 g/mol. The molecule has 0 aliphatic carbocycles. The normalized spacial score (nSPS) is 12.3. The van der Waals surface area contributed by atoms with E-state index >= 15 is 0 Å². The highest BCUT2D eigenvalue weighted by Crippen LogP contribution is 2.37. The summed E-state index contributed by atoms with van der Waals surface area (Å²) in [6.45, 7) is 12.8. The van der Waals surface area contributed by atoms with E-state index in [0.29, 0.717) is 50.5 Å². The highest BCUT2D eigenvalue weighted by Gasteiger charge is 2.22. The van der Waals surface area contributed by atoms with Gasteiger partial charge in [-0.05, 0) is 135 Å². The largest absolute Gasteiger partial charge is 0.499 e. The van der Waals surface area contributed by atoms with Crippen LogP contribution in [0.4, 0.5) is 0 Å². The maximum atomic E-state index is 14.0. The zero-order chi connectivity index (χ0) is 63.6. The van der Waals surface area contributed by atoms with Crippen molar-refractivity contribution in [1.82, 2.24) is 9.13 Å². The second kappa shape index (κ2) is 27.6. The van der Waals surface area contributed by atoms with Crippen molar-refractivity contribution in [2.45, 2.75) is 61.8 Å². The summed E-state index contributed by atoms with van der Waals surface area (Å²) in [5.74, 6) is -2.52. The Kier molecular flexibility index (Phi) is 19.0. The summed E-state index contributed by atoms with van der Waals surface area (Å²) in [6.07, 6.45) is 3.24. The van der Waals surface area contributed by atoms with Crippen molar-refractivity contribution in [3.05, 3.63) is 238 Å². The summed E-state index contributed by atoms with van der Waals surface area (Å²) >= 11 is 0. The minimum absolute atomic E-state index is 0.112. The van der Waals surface area contributed by atoms with Crippen molar-refractivity contribution in [3.8, 4) is 11.4 Å². The highest BCUT2D eigenvalue weighted by molar-refractivity contribution is 6.19. The summed E-state index contributed by atoms with van der Waals surface area (Å²) in [7, 11) is 0. The SMILES string of the molecule is CC(=O)ON=C(C)c1ccc(-n2c3ccc(C(=O)c4ccccc4C)cc3c3cc(C(C=COCCOCCC(=NOC(C)=O)c4ccc5c(c4)c4cc(C(=O)c6ccccc6C)ccc4n5-c4ccc(C(C)=NOC(C)=O)cc4)=NOC(C)=O)ccc32)cc1. The number of fused-ring (bicyclic) bond motifs is 6. The molecule has 0 N–H and O–H groups in total. The van der Waals surface area contributed by atoms with E-state index in [1.807, 2.05) is 184 Å². The van der Waals surface area contributed by atoms with E-state index in [0.717, 1.165) is 77.2 Å². The minimum atomic E-state index is -0.630. The zero-order valence-electron chi connectivity index (χ0n) is 50.7. The monoisotopic (exact) mass is 1200 g/mol. The number of ketones is 2. The smallest absolute Gasteiger partial charge is 0.332 e. The van der Waals surface area contributed by atoms with Gasteiger partial charge in [-0.1, -0.05) is 106 Å². The first-order valence-corrected chi connectivity index (χ1v) is 28.8. The molecule has 10 aromatic rings. The predicted octanol–water partition coefficient (Wildman–Crippen LogP) is 13.7. The minimum Gasteiger partial charge on any atom is -0.499 e. The van der Waals surface area contributed by atoms with E-state index in [1.54, 1.807) is 19.9 Å². The van der Waals surface area contributed by atoms with Gasteiger partial charge in [0.25, 0.3) is 0 Å². The zero-order valence-corrected chi connectivity index (χ0v) is 50.7. The van der Waals surface area contributed by atoms with Gasteiger partial charge in [-0.15, -0.1) is 0 Å². The van der Waals surface area contributed by atoms with E-state index in [9.17, 15) is 28.8 Å². The number of benzene rings is 8. The van der Waals surface area contributed by atoms with Crippen LogP contribution >= 0.6 is 0 Å². The van der Waals surface area contributed by atoms with Crippen LogP contribution in [0.1, 0.15) is 113 Å². The molecule has 0 unspecified atom stereocenters. The molecule has 18 heteroatoms. The Morgan fingerprint density at radius 2 is 0.778 bits per heavy atom. The standard InChI is InChI=1S/C72H62N6O12/c1-43-13-9-11-15-59(43)71(83)55-23-31-69-63(41-55)61-39-53(21-29-67(61)77(69)57-25-17-51(18-26-57)45(3)73-87-47(5)79)65(75-89-49(7)81)33-35-85-37-38-86-36-34-66(76-90-50(8)82)54-22-30-68-62(40-54)64-42-56(72(84)60-16-12-10-14-44(60)2)24-32-70(64)78(68)58-27-19-52(20-28-58)46(4)74-88-48(6)80/h9-33,35,39-42H,34,36-38H2,1-8H3. The molecule has 2 aromatic heterocycles. The Morgan fingerprint density at radius 1 is 0.400 bits per heavy atom. The molecule has 0 fully saturated rings. The molecule has 8 aromatic carbocycles. The lowest BCUT2D eigenvalue weighted by Crippen LogP contribution is -2.10. The molecule has 90 heavy (non-hydrogen) atoms. The lowest BCUT2D eigenvalue weighted by Gasteiger charge is -2.11. The summed E-state index contributed by atoms with van der Waals surface area (Å²) in [6, 6.07) is 53.0. The van der Waals surface area contributed by atoms with Crippen molar-refractivity contribution >= 4 is 102 Å². The van der Waals surface area contributed by atoms with E-state index in [1.165, 1.54) is 34.0 Å². The van der Waals surface area contributed by atoms with Crippen LogP contribution in [0.15, 0.2) is 203 Å². The van der Waals surface area contributed by atoms with E-state index in [4.69, 9.17) is 28.8 Å². The Hall–Kier alpha value is -11.2. The first kappa shape index (κ1) is 61.8. The molecular weight excluding hydrogens is 1140 g/mol. The number of rotatable bonds is 22. The number of carbonyl (C=O) groups is 6. The molecule has 2 heterocycles. The third-order valence-electron chi connectivity index (χ3n) is 14.9. The number of ether oxygens (including phenoxy) is 2. The van der Waals surface area contributed by atoms with Crippen molar-refractivity contribution < 1.29 is 57.6 Å². The number of aryl methyl sites for hydroxylation is 2. The molecule has 0 atom stereocenters. The molecule has 0 bridgehead atoms. The van der Waals surface area contributed by atoms with Crippen LogP contribution < -0.4 is 0 Å². The van der Waals surface area contributed by atoms with Crippen molar-refractivity contribution in [1.29, 1.82) is 0 Å². The molecule has 0 aliphatic heterocycles. The van der Waals surface area contributed by atoms with Crippen LogP contribution in [0.2, 0.25) is 0 Å². The molecule has 0 aliphatic rings. The van der Waals surface area contributed by atoms with Crippen molar-refractivity contribution in [3.63, 3.8) is 0 Å². The van der Waals surface area contributed by atoms with Gasteiger partial charge >= 0.3 is 23.9 Å². The Bertz CT molecular complexity index is 4640. The second-order valence-electron chi connectivity index (χ2n) is 21.2. The van der Waals surface area contributed by atoms with Gasteiger partial charge in [-0.3, -0.25) is 9.59 Å². The average Bonchev–Trinajstić information content (AvgIpc) is 1.61. The van der Waals surface area contributed by atoms with Gasteiger partial charge in [-0.2, -0.15) is 0 Å². The topological polar surface area (TPSA) is 217 Å². The number of hydrogen-bond acceptors (Lipinski definition) is 16. The van der Waals surface area contributed by atoms with E-state index < -0.39 is 23.9 Å². The van der Waals surface area contributed by atoms with Crippen LogP contribution in [-0.2, 0) is 48.0 Å². The lowest BCUT2D eigenvalue weighted by atomic mass is 9.97. The van der Waals surface area contributed by atoms with Crippen LogP contribution in [0, 0.1) is 13.8 Å². The molecule has 452 valence electrons. The fourth-order valence-electron chi connectivity index (χ4n) is 10.5. The first-order chi connectivity index (χ1) is 43.4. The molecule has 0 spiro atoms. The summed E-state index contributed by atoms with van der Waals surface area (Å²) in [5.41, 5.74) is 13.3. The molecule has 0 saturated carbocycles. The van der Waals surface area contributed by atoms with Crippen LogP contribution in [0.25, 0.3) is 55.0 Å². The van der Waals surface area contributed by atoms with Crippen LogP contribution in [0.3, 0.4) is 0 Å². The quantitative estimate of drug-likeness (QED) is 0.0155. The van der Waals surface area contributed by atoms with Crippen LogP contribution in [-0.4, -0.2) is 87.2 Å². The van der Waals surface area contributed by atoms with Gasteiger partial charge in [0, 0.05) is 106 Å². The molecule has 18 nitrogen and oxygen atoms in total. The molecule has 0 saturated heterocycles. The van der Waals surface area contributed by atoms with Crippen molar-refractivity contribution in [2.24, 2.45) is 20.6 Å². The number of allylic oxidation sites excluding steroid dienone is 1. The number of nitrogens with zero attached hydrogens (tertiary/aromatic N) is 6. The Morgan fingerprint density at radius 3 is 1.22 bits per heavy atom. The third kappa shape index (κ3) is 13.9. The van der Waals surface area contributed by atoms with E-state index in [-0.39, 0.29) is 43.5 Å².